The van der Waals surface area contributed by atoms with E-state index < -0.39 is 6.03 Å². The Labute approximate surface area is 198 Å². The lowest BCUT2D eigenvalue weighted by Gasteiger charge is -2.13. The number of nitrogens with zero attached hydrogens (tertiary/aromatic N) is 4. The van der Waals surface area contributed by atoms with Gasteiger partial charge in [0.1, 0.15) is 16.6 Å². The summed E-state index contributed by atoms with van der Waals surface area (Å²) in [6, 6.07) is 15.2. The number of rotatable bonds is 6. The summed E-state index contributed by atoms with van der Waals surface area (Å²) in [5.41, 5.74) is 2.40. The Hall–Kier alpha value is -4.44. The van der Waals surface area contributed by atoms with E-state index in [9.17, 15) is 14.4 Å². The van der Waals surface area contributed by atoms with E-state index in [1.807, 2.05) is 12.1 Å². The number of pyridine rings is 2. The average Bonchev–Trinajstić information content (AvgIpc) is 3.41. The minimum atomic E-state index is -0.475. The van der Waals surface area contributed by atoms with Crippen LogP contribution in [0.5, 0.6) is 0 Å². The molecule has 1 aliphatic heterocycles. The summed E-state index contributed by atoms with van der Waals surface area (Å²) in [6.07, 6.45) is 3.73. The monoisotopic (exact) mass is 470 g/mol. The second kappa shape index (κ2) is 9.20. The zero-order valence-electron chi connectivity index (χ0n) is 17.8. The number of nitrogens with one attached hydrogen (secondary N) is 2. The van der Waals surface area contributed by atoms with Crippen molar-refractivity contribution in [3.05, 3.63) is 89.2 Å². The first-order valence-corrected chi connectivity index (χ1v) is 11.3. The number of amides is 4. The predicted molar refractivity (Wildman–Crippen MR) is 128 cm³/mol. The quantitative estimate of drug-likeness (QED) is 0.410. The Morgan fingerprint density at radius 3 is 2.29 bits per heavy atom. The van der Waals surface area contributed by atoms with Crippen molar-refractivity contribution in [3.63, 3.8) is 0 Å². The van der Waals surface area contributed by atoms with Gasteiger partial charge in [-0.1, -0.05) is 18.2 Å². The number of hydrogen-bond donors (Lipinski definition) is 2. The summed E-state index contributed by atoms with van der Waals surface area (Å²) in [5, 5.41) is 7.90. The van der Waals surface area contributed by atoms with Crippen LogP contribution in [0.3, 0.4) is 0 Å². The van der Waals surface area contributed by atoms with Crippen molar-refractivity contribution in [2.45, 2.75) is 6.42 Å². The molecule has 168 valence electrons. The molecule has 0 radical (unpaired) electrons. The van der Waals surface area contributed by atoms with Crippen LogP contribution in [-0.4, -0.2) is 44.2 Å². The van der Waals surface area contributed by atoms with Crippen LogP contribution in [0, 0.1) is 0 Å². The first-order chi connectivity index (χ1) is 16.6. The summed E-state index contributed by atoms with van der Waals surface area (Å²) < 4.78 is 0. The van der Waals surface area contributed by atoms with Crippen LogP contribution in [0.2, 0.25) is 0 Å². The molecule has 5 rings (SSSR count). The van der Waals surface area contributed by atoms with Crippen LogP contribution in [0.4, 0.5) is 16.4 Å². The molecule has 3 aromatic heterocycles. The van der Waals surface area contributed by atoms with Gasteiger partial charge < -0.3 is 0 Å². The highest BCUT2D eigenvalue weighted by Crippen LogP contribution is 2.25. The number of carbonyl (C=O) groups excluding carboxylic acids is 3. The second-order valence-corrected chi connectivity index (χ2v) is 8.28. The maximum atomic E-state index is 12.5. The zero-order chi connectivity index (χ0) is 23.5. The highest BCUT2D eigenvalue weighted by molar-refractivity contribution is 7.13. The minimum absolute atomic E-state index is 0.200. The normalized spacial score (nSPS) is 12.5. The van der Waals surface area contributed by atoms with Gasteiger partial charge in [-0.05, 0) is 36.4 Å². The first kappa shape index (κ1) is 21.4. The van der Waals surface area contributed by atoms with Gasteiger partial charge in [-0.25, -0.2) is 14.8 Å². The topological polar surface area (TPSA) is 117 Å². The van der Waals surface area contributed by atoms with Gasteiger partial charge in [0.15, 0.2) is 0 Å². The van der Waals surface area contributed by atoms with Crippen LogP contribution in [-0.2, 0) is 6.42 Å². The van der Waals surface area contributed by atoms with E-state index in [4.69, 9.17) is 0 Å². The van der Waals surface area contributed by atoms with Crippen LogP contribution in [0.1, 0.15) is 26.4 Å². The molecule has 1 aromatic carbocycles. The van der Waals surface area contributed by atoms with Crippen molar-refractivity contribution in [2.75, 3.05) is 17.2 Å². The third-order valence-electron chi connectivity index (χ3n) is 5.19. The molecule has 9 nitrogen and oxygen atoms in total. The standard InChI is InChI=1S/C24H18N6O3S/c31-22-17-5-1-2-6-18(17)23(32)30(22)13-10-16-4-3-7-19(26-16)28-24(33)29-20-14-34-21(27-20)15-8-11-25-12-9-15/h1-9,11-12,14H,10,13H2,(H2,26,28,29,33). The number of carbonyl (C=O) groups is 3. The summed E-state index contributed by atoms with van der Waals surface area (Å²) in [6.45, 7) is 0.200. The lowest BCUT2D eigenvalue weighted by atomic mass is 10.1. The van der Waals surface area contributed by atoms with Crippen molar-refractivity contribution in [3.8, 4) is 10.6 Å². The minimum Gasteiger partial charge on any atom is -0.292 e. The zero-order valence-corrected chi connectivity index (χ0v) is 18.6. The molecule has 4 amide bonds. The maximum absolute atomic E-state index is 12.5. The fraction of sp³-hybridized carbons (Fsp3) is 0.0833. The third-order valence-corrected chi connectivity index (χ3v) is 6.08. The average molecular weight is 471 g/mol. The molecular formula is C24H18N6O3S. The molecule has 0 atom stereocenters. The van der Waals surface area contributed by atoms with Crippen LogP contribution in [0.25, 0.3) is 10.6 Å². The molecule has 2 N–H and O–H groups in total. The van der Waals surface area contributed by atoms with Gasteiger partial charge in [-0.3, -0.25) is 30.1 Å². The Morgan fingerprint density at radius 1 is 0.853 bits per heavy atom. The molecule has 0 saturated carbocycles. The van der Waals surface area contributed by atoms with E-state index in [1.54, 1.807) is 60.2 Å². The molecule has 10 heteroatoms. The van der Waals surface area contributed by atoms with E-state index >= 15 is 0 Å². The highest BCUT2D eigenvalue weighted by atomic mass is 32.1. The summed E-state index contributed by atoms with van der Waals surface area (Å²) in [7, 11) is 0. The molecule has 0 spiro atoms. The number of benzene rings is 1. The number of fused-ring (bicyclic) bond motifs is 1. The Morgan fingerprint density at radius 2 is 1.56 bits per heavy atom. The highest BCUT2D eigenvalue weighted by Gasteiger charge is 2.34. The molecule has 0 saturated heterocycles. The number of thiazole rings is 1. The Kier molecular flexibility index (Phi) is 5.79. The lowest BCUT2D eigenvalue weighted by Crippen LogP contribution is -2.32. The van der Waals surface area contributed by atoms with E-state index in [0.29, 0.717) is 34.9 Å². The number of imide groups is 1. The van der Waals surface area contributed by atoms with Crippen LogP contribution in [0.15, 0.2) is 72.4 Å². The fourth-order valence-electron chi connectivity index (χ4n) is 3.58. The number of anilines is 2. The number of hydrogen-bond acceptors (Lipinski definition) is 7. The summed E-state index contributed by atoms with van der Waals surface area (Å²) in [5.74, 6) is 0.172. The molecular weight excluding hydrogens is 452 g/mol. The van der Waals surface area contributed by atoms with Gasteiger partial charge in [-0.15, -0.1) is 11.3 Å². The van der Waals surface area contributed by atoms with E-state index in [0.717, 1.165) is 10.6 Å². The molecule has 0 unspecified atom stereocenters. The number of aromatic nitrogens is 3. The first-order valence-electron chi connectivity index (χ1n) is 10.4. The molecule has 34 heavy (non-hydrogen) atoms. The van der Waals surface area contributed by atoms with E-state index in [-0.39, 0.29) is 18.4 Å². The fourth-order valence-corrected chi connectivity index (χ4v) is 4.34. The van der Waals surface area contributed by atoms with Crippen molar-refractivity contribution < 1.29 is 14.4 Å². The smallest absolute Gasteiger partial charge is 0.292 e. The van der Waals surface area contributed by atoms with Crippen molar-refractivity contribution in [1.82, 2.24) is 19.9 Å². The largest absolute Gasteiger partial charge is 0.326 e. The van der Waals surface area contributed by atoms with Crippen molar-refractivity contribution >= 4 is 40.8 Å². The Bertz CT molecular complexity index is 1350. The van der Waals surface area contributed by atoms with E-state index in [1.165, 1.54) is 16.2 Å². The number of urea groups is 1. The predicted octanol–water partition coefficient (Wildman–Crippen LogP) is 4.08. The maximum Gasteiger partial charge on any atom is 0.326 e. The van der Waals surface area contributed by atoms with Crippen LogP contribution < -0.4 is 10.6 Å². The van der Waals surface area contributed by atoms with Gasteiger partial charge in [-0.2, -0.15) is 0 Å². The Balaban J connectivity index is 1.19. The molecule has 0 bridgehead atoms. The molecule has 4 aromatic rings. The van der Waals surface area contributed by atoms with Crippen molar-refractivity contribution in [2.24, 2.45) is 0 Å². The lowest BCUT2D eigenvalue weighted by molar-refractivity contribution is 0.0656. The summed E-state index contributed by atoms with van der Waals surface area (Å²) >= 11 is 1.41. The molecule has 0 fully saturated rings. The van der Waals surface area contributed by atoms with Gasteiger partial charge in [0.25, 0.3) is 11.8 Å². The van der Waals surface area contributed by atoms with Gasteiger partial charge in [0.05, 0.1) is 11.1 Å². The summed E-state index contributed by atoms with van der Waals surface area (Å²) in [4.78, 5) is 51.5. The van der Waals surface area contributed by atoms with Crippen LogP contribution >= 0.6 is 11.3 Å². The SMILES string of the molecule is O=C(Nc1cccc(CCN2C(=O)c3ccccc3C2=O)n1)Nc1csc(-c2ccncc2)n1. The third kappa shape index (κ3) is 4.39. The molecule has 0 aliphatic carbocycles. The molecule has 1 aliphatic rings. The van der Waals surface area contributed by atoms with Gasteiger partial charge >= 0.3 is 6.03 Å². The second-order valence-electron chi connectivity index (χ2n) is 7.42. The van der Waals surface area contributed by atoms with Gasteiger partial charge in [0, 0.05) is 42.0 Å². The van der Waals surface area contributed by atoms with Crippen molar-refractivity contribution in [1.29, 1.82) is 0 Å². The molecule has 4 heterocycles. The van der Waals surface area contributed by atoms with Gasteiger partial charge in [0.2, 0.25) is 0 Å². The van der Waals surface area contributed by atoms with E-state index in [2.05, 4.69) is 25.6 Å².